The fourth-order valence-electron chi connectivity index (χ4n) is 3.75. The Morgan fingerprint density at radius 3 is 2.79 bits per heavy atom. The Labute approximate surface area is 141 Å². The van der Waals surface area contributed by atoms with Gasteiger partial charge >= 0.3 is 0 Å². The maximum atomic E-state index is 10.3. The summed E-state index contributed by atoms with van der Waals surface area (Å²) in [7, 11) is 0. The van der Waals surface area contributed by atoms with E-state index < -0.39 is 0 Å². The number of aliphatic hydroxyl groups excluding tert-OH is 1. The van der Waals surface area contributed by atoms with E-state index in [1.54, 1.807) is 12.4 Å². The zero-order valence-corrected chi connectivity index (χ0v) is 13.7. The van der Waals surface area contributed by atoms with Crippen molar-refractivity contribution < 1.29 is 14.4 Å². The minimum Gasteiger partial charge on any atom is -0.390 e. The lowest BCUT2D eigenvalue weighted by Crippen LogP contribution is -2.55. The maximum absolute atomic E-state index is 10.3. The van der Waals surface area contributed by atoms with Gasteiger partial charge in [0.15, 0.2) is 5.76 Å². The first kappa shape index (κ1) is 15.7. The molecule has 6 nitrogen and oxygen atoms in total. The smallest absolute Gasteiger partial charge is 0.151 e. The molecule has 6 heteroatoms. The summed E-state index contributed by atoms with van der Waals surface area (Å²) in [5.41, 5.74) is 1.53. The van der Waals surface area contributed by atoms with Gasteiger partial charge in [-0.2, -0.15) is 0 Å². The molecule has 0 bridgehead atoms. The first-order valence-electron chi connectivity index (χ1n) is 8.66. The molecule has 0 aliphatic carbocycles. The second-order valence-corrected chi connectivity index (χ2v) is 6.76. The predicted octanol–water partition coefficient (Wildman–Crippen LogP) is 2.24. The fraction of sp³-hybridized carbons (Fsp3) is 0.556. The van der Waals surface area contributed by atoms with Gasteiger partial charge in [-0.3, -0.25) is 9.88 Å². The van der Waals surface area contributed by atoms with Crippen LogP contribution in [0.2, 0.25) is 0 Å². The molecular weight excluding hydrogens is 306 g/mol. The third-order valence-corrected chi connectivity index (χ3v) is 5.24. The lowest BCUT2D eigenvalue weighted by Gasteiger charge is -2.46. The van der Waals surface area contributed by atoms with E-state index in [4.69, 9.17) is 9.26 Å². The Balaban J connectivity index is 1.37. The van der Waals surface area contributed by atoms with Crippen LogP contribution in [0, 0.1) is 0 Å². The molecule has 1 spiro atoms. The highest BCUT2D eigenvalue weighted by molar-refractivity contribution is 5.57. The molecule has 24 heavy (non-hydrogen) atoms. The molecule has 0 saturated carbocycles. The summed E-state index contributed by atoms with van der Waals surface area (Å²) in [6.45, 7) is 3.32. The largest absolute Gasteiger partial charge is 0.390 e. The number of hydrogen-bond donors (Lipinski definition) is 1. The Kier molecular flexibility index (Phi) is 4.35. The van der Waals surface area contributed by atoms with Gasteiger partial charge in [-0.1, -0.05) is 5.16 Å². The van der Waals surface area contributed by atoms with Crippen LogP contribution in [0.3, 0.4) is 0 Å². The quantitative estimate of drug-likeness (QED) is 0.931. The Morgan fingerprint density at radius 2 is 2.04 bits per heavy atom. The van der Waals surface area contributed by atoms with Crippen LogP contribution < -0.4 is 0 Å². The molecule has 2 fully saturated rings. The van der Waals surface area contributed by atoms with Crippen LogP contribution in [-0.4, -0.2) is 51.5 Å². The van der Waals surface area contributed by atoms with Crippen molar-refractivity contribution in [1.29, 1.82) is 0 Å². The summed E-state index contributed by atoms with van der Waals surface area (Å²) in [6.07, 6.45) is 6.75. The van der Waals surface area contributed by atoms with Crippen molar-refractivity contribution in [2.75, 3.05) is 19.7 Å². The van der Waals surface area contributed by atoms with Crippen LogP contribution in [-0.2, 0) is 11.3 Å². The van der Waals surface area contributed by atoms with E-state index in [0.717, 1.165) is 68.9 Å². The molecule has 0 radical (unpaired) electrons. The third-order valence-electron chi connectivity index (χ3n) is 5.24. The summed E-state index contributed by atoms with van der Waals surface area (Å²) in [5, 5.41) is 14.5. The highest BCUT2D eigenvalue weighted by Gasteiger charge is 2.43. The van der Waals surface area contributed by atoms with Crippen molar-refractivity contribution in [2.24, 2.45) is 0 Å². The normalized spacial score (nSPS) is 24.3. The van der Waals surface area contributed by atoms with Gasteiger partial charge in [0.25, 0.3) is 0 Å². The fourth-order valence-corrected chi connectivity index (χ4v) is 3.75. The van der Waals surface area contributed by atoms with Crippen LogP contribution in [0.1, 0.15) is 31.4 Å². The van der Waals surface area contributed by atoms with Crippen LogP contribution in [0.15, 0.2) is 35.1 Å². The monoisotopic (exact) mass is 329 g/mol. The average Bonchev–Trinajstić information content (AvgIpc) is 3.09. The molecule has 0 unspecified atom stereocenters. The van der Waals surface area contributed by atoms with Crippen molar-refractivity contribution in [3.63, 3.8) is 0 Å². The Bertz CT molecular complexity index is 665. The van der Waals surface area contributed by atoms with E-state index in [2.05, 4.69) is 15.0 Å². The predicted molar refractivity (Wildman–Crippen MR) is 88.2 cm³/mol. The molecule has 0 amide bonds. The van der Waals surface area contributed by atoms with Crippen LogP contribution >= 0.6 is 0 Å². The molecule has 2 aliphatic rings. The van der Waals surface area contributed by atoms with Crippen molar-refractivity contribution in [3.8, 4) is 11.3 Å². The maximum Gasteiger partial charge on any atom is 0.151 e. The summed E-state index contributed by atoms with van der Waals surface area (Å²) < 4.78 is 11.4. The van der Waals surface area contributed by atoms with Crippen LogP contribution in [0.4, 0.5) is 0 Å². The molecule has 1 atom stereocenters. The molecule has 2 saturated heterocycles. The van der Waals surface area contributed by atoms with Gasteiger partial charge in [-0.05, 0) is 37.8 Å². The number of rotatable bonds is 3. The molecule has 4 rings (SSSR count). The first-order valence-corrected chi connectivity index (χ1v) is 8.66. The van der Waals surface area contributed by atoms with E-state index in [1.807, 2.05) is 18.2 Å². The van der Waals surface area contributed by atoms with E-state index >= 15 is 0 Å². The van der Waals surface area contributed by atoms with Gasteiger partial charge in [0, 0.05) is 43.7 Å². The number of hydrogen-bond acceptors (Lipinski definition) is 6. The summed E-state index contributed by atoms with van der Waals surface area (Å²) in [6, 6.07) is 5.84. The minimum atomic E-state index is -0.322. The highest BCUT2D eigenvalue weighted by Crippen LogP contribution is 2.35. The summed E-state index contributed by atoms with van der Waals surface area (Å²) in [5.74, 6) is 0.864. The van der Waals surface area contributed by atoms with Crippen molar-refractivity contribution in [2.45, 2.75) is 43.9 Å². The number of aliphatic hydroxyl groups is 1. The van der Waals surface area contributed by atoms with Crippen LogP contribution in [0.25, 0.3) is 11.3 Å². The number of ether oxygens (including phenoxy) is 1. The van der Waals surface area contributed by atoms with Gasteiger partial charge < -0.3 is 14.4 Å². The highest BCUT2D eigenvalue weighted by atomic mass is 16.5. The van der Waals surface area contributed by atoms with E-state index in [1.165, 1.54) is 0 Å². The second kappa shape index (κ2) is 6.63. The zero-order chi connectivity index (χ0) is 16.4. The second-order valence-electron chi connectivity index (χ2n) is 6.76. The topological polar surface area (TPSA) is 71.6 Å². The molecule has 2 aromatic rings. The van der Waals surface area contributed by atoms with Gasteiger partial charge in [0.05, 0.1) is 18.2 Å². The SMILES string of the molecule is O[C@@H]1CCCOC12CCN(Cc1cc(-c3ccncc3)no1)CC2. The van der Waals surface area contributed by atoms with E-state index in [0.29, 0.717) is 0 Å². The number of nitrogens with zero attached hydrogens (tertiary/aromatic N) is 3. The zero-order valence-electron chi connectivity index (χ0n) is 13.7. The van der Waals surface area contributed by atoms with Crippen molar-refractivity contribution >= 4 is 0 Å². The lowest BCUT2D eigenvalue weighted by molar-refractivity contribution is -0.177. The van der Waals surface area contributed by atoms with E-state index in [9.17, 15) is 5.11 Å². The molecule has 128 valence electrons. The summed E-state index contributed by atoms with van der Waals surface area (Å²) >= 11 is 0. The number of likely N-dealkylation sites (tertiary alicyclic amines) is 1. The molecule has 2 aromatic heterocycles. The van der Waals surface area contributed by atoms with E-state index in [-0.39, 0.29) is 11.7 Å². The molecule has 2 aliphatic heterocycles. The molecule has 1 N–H and O–H groups in total. The number of pyridine rings is 1. The standard InChI is InChI=1S/C18H23N3O3/c22-17-2-1-11-23-18(17)5-9-21(10-6-18)13-15-12-16(20-24-15)14-3-7-19-8-4-14/h3-4,7-8,12,17,22H,1-2,5-6,9-11,13H2/t17-/m1/s1. The van der Waals surface area contributed by atoms with Gasteiger partial charge in [-0.15, -0.1) is 0 Å². The molecule has 4 heterocycles. The Morgan fingerprint density at radius 1 is 1.25 bits per heavy atom. The van der Waals surface area contributed by atoms with Crippen LogP contribution in [0.5, 0.6) is 0 Å². The average molecular weight is 329 g/mol. The van der Waals surface area contributed by atoms with Crippen molar-refractivity contribution in [1.82, 2.24) is 15.0 Å². The number of aromatic nitrogens is 2. The molecule has 0 aromatic carbocycles. The molecular formula is C18H23N3O3. The van der Waals surface area contributed by atoms with Gasteiger partial charge in [0.2, 0.25) is 0 Å². The minimum absolute atomic E-state index is 0.321. The van der Waals surface area contributed by atoms with Crippen molar-refractivity contribution in [3.05, 3.63) is 36.4 Å². The third kappa shape index (κ3) is 3.09. The number of piperidine rings is 1. The lowest BCUT2D eigenvalue weighted by atomic mass is 9.82. The summed E-state index contributed by atoms with van der Waals surface area (Å²) in [4.78, 5) is 6.36. The Hall–Kier alpha value is -1.76. The first-order chi connectivity index (χ1) is 11.8. The van der Waals surface area contributed by atoms with Gasteiger partial charge in [-0.25, -0.2) is 0 Å². The van der Waals surface area contributed by atoms with Gasteiger partial charge in [0.1, 0.15) is 5.69 Å².